The van der Waals surface area contributed by atoms with Crippen molar-refractivity contribution in [3.63, 3.8) is 0 Å². The zero-order valence-corrected chi connectivity index (χ0v) is 13.0. The maximum atomic E-state index is 11.6. The maximum Gasteiger partial charge on any atom is 0.257 e. The van der Waals surface area contributed by atoms with Gasteiger partial charge in [0.1, 0.15) is 5.75 Å². The highest BCUT2D eigenvalue weighted by molar-refractivity contribution is 9.10. The first kappa shape index (κ1) is 16.0. The molecule has 0 saturated heterocycles. The molecule has 0 aliphatic rings. The number of carbonyl (C=O) groups excluding carboxylic acids is 1. The predicted octanol–water partition coefficient (Wildman–Crippen LogP) is 2.10. The molecular weight excluding hydrogens is 308 g/mol. The molecule has 0 radical (unpaired) electrons. The molecule has 5 heteroatoms. The van der Waals surface area contributed by atoms with Crippen molar-refractivity contribution < 1.29 is 9.53 Å². The van der Waals surface area contributed by atoms with Crippen LogP contribution in [0.1, 0.15) is 19.4 Å². The Labute approximate surface area is 122 Å². The highest BCUT2D eigenvalue weighted by Gasteiger charge is 2.07. The lowest BCUT2D eigenvalue weighted by Gasteiger charge is -2.12. The molecule has 19 heavy (non-hydrogen) atoms. The molecule has 0 aliphatic heterocycles. The zero-order chi connectivity index (χ0) is 14.3. The van der Waals surface area contributed by atoms with Gasteiger partial charge in [-0.1, -0.05) is 29.8 Å². The summed E-state index contributed by atoms with van der Waals surface area (Å²) in [4.78, 5) is 11.6. The summed E-state index contributed by atoms with van der Waals surface area (Å²) in [6, 6.07) is 5.71. The molecule has 1 aromatic carbocycles. The lowest BCUT2D eigenvalue weighted by Crippen LogP contribution is -2.31. The molecule has 3 N–H and O–H groups in total. The molecule has 0 bridgehead atoms. The van der Waals surface area contributed by atoms with Gasteiger partial charge in [0, 0.05) is 11.0 Å². The van der Waals surface area contributed by atoms with Crippen molar-refractivity contribution in [2.24, 2.45) is 11.7 Å². The van der Waals surface area contributed by atoms with Crippen LogP contribution in [0.2, 0.25) is 0 Å². The number of benzene rings is 1. The first-order valence-electron chi connectivity index (χ1n) is 6.41. The van der Waals surface area contributed by atoms with Crippen LogP contribution in [-0.4, -0.2) is 25.6 Å². The summed E-state index contributed by atoms with van der Waals surface area (Å²) in [5.41, 5.74) is 6.57. The van der Waals surface area contributed by atoms with Gasteiger partial charge < -0.3 is 15.8 Å². The quantitative estimate of drug-likeness (QED) is 0.805. The van der Waals surface area contributed by atoms with Gasteiger partial charge in [-0.25, -0.2) is 0 Å². The van der Waals surface area contributed by atoms with Gasteiger partial charge in [-0.3, -0.25) is 4.79 Å². The average molecular weight is 329 g/mol. The molecule has 0 atom stereocenters. The molecule has 0 aromatic heterocycles. The normalized spacial score (nSPS) is 10.6. The van der Waals surface area contributed by atoms with E-state index in [1.165, 1.54) is 0 Å². The van der Waals surface area contributed by atoms with Gasteiger partial charge in [0.15, 0.2) is 6.61 Å². The second kappa shape index (κ2) is 8.17. The molecular formula is C14H21BrN2O2. The molecule has 1 rings (SSSR count). The highest BCUT2D eigenvalue weighted by atomic mass is 79.9. The fraction of sp³-hybridized carbons (Fsp3) is 0.500. The minimum Gasteiger partial charge on any atom is -0.483 e. The Morgan fingerprint density at radius 3 is 2.84 bits per heavy atom. The van der Waals surface area contributed by atoms with Gasteiger partial charge in [-0.2, -0.15) is 0 Å². The largest absolute Gasteiger partial charge is 0.483 e. The molecule has 0 spiro atoms. The molecule has 0 unspecified atom stereocenters. The maximum absolute atomic E-state index is 11.6. The summed E-state index contributed by atoms with van der Waals surface area (Å²) in [6.07, 6.45) is 0.725. The number of nitrogens with two attached hydrogens (primary N) is 1. The fourth-order valence-corrected chi connectivity index (χ4v) is 1.96. The summed E-state index contributed by atoms with van der Waals surface area (Å²) in [5.74, 6) is 1.05. The number of hydrogen-bond acceptors (Lipinski definition) is 3. The second-order valence-electron chi connectivity index (χ2n) is 4.78. The Bertz CT molecular complexity index is 422. The van der Waals surface area contributed by atoms with Crippen LogP contribution in [0.25, 0.3) is 0 Å². The summed E-state index contributed by atoms with van der Waals surface area (Å²) in [5, 5.41) is 2.82. The van der Waals surface area contributed by atoms with E-state index in [0.717, 1.165) is 16.5 Å². The summed E-state index contributed by atoms with van der Waals surface area (Å²) < 4.78 is 6.53. The number of amides is 1. The lowest BCUT2D eigenvalue weighted by atomic mass is 10.1. The van der Waals surface area contributed by atoms with Crippen molar-refractivity contribution in [1.29, 1.82) is 0 Å². The van der Waals surface area contributed by atoms with Crippen molar-refractivity contribution in [3.05, 3.63) is 28.2 Å². The molecule has 1 aromatic rings. The van der Waals surface area contributed by atoms with E-state index in [9.17, 15) is 4.79 Å². The lowest BCUT2D eigenvalue weighted by molar-refractivity contribution is -0.123. The first-order chi connectivity index (χ1) is 9.02. The van der Waals surface area contributed by atoms with Crippen molar-refractivity contribution in [1.82, 2.24) is 5.32 Å². The Balaban J connectivity index is 2.54. The molecule has 1 amide bonds. The van der Waals surface area contributed by atoms with Gasteiger partial charge in [0.2, 0.25) is 0 Å². The van der Waals surface area contributed by atoms with Gasteiger partial charge in [0.25, 0.3) is 5.91 Å². The Morgan fingerprint density at radius 1 is 1.47 bits per heavy atom. The zero-order valence-electron chi connectivity index (χ0n) is 11.4. The third-order valence-electron chi connectivity index (χ3n) is 2.50. The number of halogens is 1. The van der Waals surface area contributed by atoms with Crippen molar-refractivity contribution in [2.45, 2.75) is 20.3 Å². The molecule has 0 aliphatic carbocycles. The number of ether oxygens (including phenoxy) is 1. The van der Waals surface area contributed by atoms with Gasteiger partial charge in [-0.15, -0.1) is 0 Å². The molecule has 0 fully saturated rings. The minimum atomic E-state index is -0.102. The third kappa shape index (κ3) is 6.07. The van der Waals surface area contributed by atoms with E-state index in [-0.39, 0.29) is 12.5 Å². The molecule has 106 valence electrons. The van der Waals surface area contributed by atoms with Crippen LogP contribution >= 0.6 is 15.9 Å². The van der Waals surface area contributed by atoms with Gasteiger partial charge in [0.05, 0.1) is 0 Å². The van der Waals surface area contributed by atoms with E-state index in [1.807, 2.05) is 18.2 Å². The van der Waals surface area contributed by atoms with Crippen LogP contribution in [0.4, 0.5) is 0 Å². The highest BCUT2D eigenvalue weighted by Crippen LogP contribution is 2.23. The standard InChI is InChI=1S/C14H21BrN2O2/c1-10(2)8-17-14(18)9-19-13-4-3-12(15)7-11(13)5-6-16/h3-4,7,10H,5-6,8-9,16H2,1-2H3,(H,17,18). The number of nitrogens with one attached hydrogen (secondary N) is 1. The van der Waals surface area contributed by atoms with Gasteiger partial charge in [-0.05, 0) is 42.6 Å². The van der Waals surface area contributed by atoms with E-state index < -0.39 is 0 Å². The number of carbonyl (C=O) groups is 1. The molecule has 0 heterocycles. The van der Waals surface area contributed by atoms with E-state index in [2.05, 4.69) is 35.1 Å². The number of rotatable bonds is 7. The first-order valence-corrected chi connectivity index (χ1v) is 7.20. The Morgan fingerprint density at radius 2 is 2.21 bits per heavy atom. The van der Waals surface area contributed by atoms with E-state index in [0.29, 0.717) is 24.8 Å². The SMILES string of the molecule is CC(C)CNC(=O)COc1ccc(Br)cc1CCN. The predicted molar refractivity (Wildman–Crippen MR) is 80.2 cm³/mol. The van der Waals surface area contributed by atoms with Crippen LogP contribution in [0, 0.1) is 5.92 Å². The summed E-state index contributed by atoms with van der Waals surface area (Å²) in [6.45, 7) is 5.35. The Hall–Kier alpha value is -1.07. The third-order valence-corrected chi connectivity index (χ3v) is 3.00. The Kier molecular flexibility index (Phi) is 6.87. The monoisotopic (exact) mass is 328 g/mol. The van der Waals surface area contributed by atoms with E-state index >= 15 is 0 Å². The average Bonchev–Trinajstić information content (AvgIpc) is 2.35. The smallest absolute Gasteiger partial charge is 0.257 e. The van der Waals surface area contributed by atoms with Crippen LogP contribution in [0.5, 0.6) is 5.75 Å². The van der Waals surface area contributed by atoms with Crippen molar-refractivity contribution in [3.8, 4) is 5.75 Å². The van der Waals surface area contributed by atoms with Gasteiger partial charge >= 0.3 is 0 Å². The minimum absolute atomic E-state index is 0.0337. The van der Waals surface area contributed by atoms with E-state index in [1.54, 1.807) is 0 Å². The molecule has 4 nitrogen and oxygen atoms in total. The molecule has 0 saturated carbocycles. The van der Waals surface area contributed by atoms with Crippen molar-refractivity contribution >= 4 is 21.8 Å². The summed E-state index contributed by atoms with van der Waals surface area (Å²) >= 11 is 3.41. The fourth-order valence-electron chi connectivity index (χ4n) is 1.55. The number of hydrogen-bond donors (Lipinski definition) is 2. The summed E-state index contributed by atoms with van der Waals surface area (Å²) in [7, 11) is 0. The van der Waals surface area contributed by atoms with Crippen LogP contribution in [0.15, 0.2) is 22.7 Å². The van der Waals surface area contributed by atoms with Crippen LogP contribution in [-0.2, 0) is 11.2 Å². The van der Waals surface area contributed by atoms with Crippen LogP contribution in [0.3, 0.4) is 0 Å². The second-order valence-corrected chi connectivity index (χ2v) is 5.69. The van der Waals surface area contributed by atoms with Crippen molar-refractivity contribution in [2.75, 3.05) is 19.7 Å². The van der Waals surface area contributed by atoms with E-state index in [4.69, 9.17) is 10.5 Å². The topological polar surface area (TPSA) is 64.3 Å². The van der Waals surface area contributed by atoms with Crippen LogP contribution < -0.4 is 15.8 Å².